The third-order valence-electron chi connectivity index (χ3n) is 7.84. The second-order valence-corrected chi connectivity index (χ2v) is 10.5. The number of nitrogens with one attached hydrogen (secondary N) is 1. The molecule has 196 valence electrons. The van der Waals surface area contributed by atoms with Gasteiger partial charge in [0, 0.05) is 12.0 Å². The molecule has 3 aromatic rings. The third kappa shape index (κ3) is 4.07. The quantitative estimate of drug-likeness (QED) is 0.507. The number of carbonyl (C=O) groups is 3. The molecular formula is C31H33N3O4. The lowest BCUT2D eigenvalue weighted by Crippen LogP contribution is -2.54. The predicted octanol–water partition coefficient (Wildman–Crippen LogP) is 4.59. The second kappa shape index (κ2) is 9.72. The van der Waals surface area contributed by atoms with Gasteiger partial charge in [0.15, 0.2) is 5.54 Å². The third-order valence-corrected chi connectivity index (χ3v) is 7.84. The minimum Gasteiger partial charge on any atom is -0.467 e. The zero-order valence-electron chi connectivity index (χ0n) is 22.4. The Bertz CT molecular complexity index is 1370. The molecule has 2 aliphatic rings. The number of ether oxygens (including phenoxy) is 1. The van der Waals surface area contributed by atoms with Crippen molar-refractivity contribution in [1.29, 1.82) is 0 Å². The highest BCUT2D eigenvalue weighted by Gasteiger charge is 2.65. The SMILES string of the molecule is COC(=O)[C@@]1(C)C[C@@H](c2c(C)cc(C)cc2C)N2[C@H](c3ccccc3)[C@@H](NC(=O)c3ccccc3)C(=O)N21. The van der Waals surface area contributed by atoms with E-state index in [0.29, 0.717) is 12.0 Å². The van der Waals surface area contributed by atoms with E-state index < -0.39 is 23.6 Å². The van der Waals surface area contributed by atoms with Crippen LogP contribution in [0.25, 0.3) is 0 Å². The van der Waals surface area contributed by atoms with Gasteiger partial charge < -0.3 is 10.1 Å². The monoisotopic (exact) mass is 511 g/mol. The Morgan fingerprint density at radius 3 is 2.11 bits per heavy atom. The number of nitrogens with zero attached hydrogens (tertiary/aromatic N) is 2. The molecule has 7 nitrogen and oxygen atoms in total. The van der Waals surface area contributed by atoms with Crippen molar-refractivity contribution in [2.45, 2.75) is 57.8 Å². The van der Waals surface area contributed by atoms with Gasteiger partial charge >= 0.3 is 5.97 Å². The van der Waals surface area contributed by atoms with Gasteiger partial charge in [-0.25, -0.2) is 4.79 Å². The van der Waals surface area contributed by atoms with Crippen LogP contribution in [0.4, 0.5) is 0 Å². The van der Waals surface area contributed by atoms with Crippen LogP contribution >= 0.6 is 0 Å². The number of hydrogen-bond donors (Lipinski definition) is 1. The van der Waals surface area contributed by atoms with Gasteiger partial charge in [-0.3, -0.25) is 14.6 Å². The molecule has 0 aromatic heterocycles. The summed E-state index contributed by atoms with van der Waals surface area (Å²) in [6.07, 6.45) is 0.374. The summed E-state index contributed by atoms with van der Waals surface area (Å²) in [7, 11) is 1.34. The number of amides is 2. The van der Waals surface area contributed by atoms with Crippen molar-refractivity contribution in [1.82, 2.24) is 15.3 Å². The number of aryl methyl sites for hydroxylation is 3. The van der Waals surface area contributed by atoms with Crippen LogP contribution in [0.15, 0.2) is 72.8 Å². The van der Waals surface area contributed by atoms with Crippen LogP contribution in [-0.2, 0) is 14.3 Å². The van der Waals surface area contributed by atoms with Crippen LogP contribution in [0.2, 0.25) is 0 Å². The first-order valence-electron chi connectivity index (χ1n) is 12.9. The second-order valence-electron chi connectivity index (χ2n) is 10.5. The van der Waals surface area contributed by atoms with Crippen LogP contribution < -0.4 is 5.32 Å². The number of benzene rings is 3. The Balaban J connectivity index is 1.68. The van der Waals surface area contributed by atoms with Gasteiger partial charge in [0.2, 0.25) is 0 Å². The van der Waals surface area contributed by atoms with E-state index in [9.17, 15) is 14.4 Å². The van der Waals surface area contributed by atoms with Crippen molar-refractivity contribution >= 4 is 17.8 Å². The molecule has 0 spiro atoms. The minimum absolute atomic E-state index is 0.285. The van der Waals surface area contributed by atoms with Crippen molar-refractivity contribution in [2.24, 2.45) is 0 Å². The molecule has 5 rings (SSSR count). The standard InChI is InChI=1S/C31H33N3O4/c1-19-16-20(2)25(21(3)17-19)24-18-31(4,30(37)38-5)34-29(36)26(32-28(35)23-14-10-7-11-15-23)27(33(24)34)22-12-8-6-9-13-22/h6-17,24,26-27H,18H2,1-5H3,(H,32,35)/t24-,26+,27+,31+/m0/s1. The van der Waals surface area contributed by atoms with Crippen LogP contribution in [-0.4, -0.2) is 46.5 Å². The molecular weight excluding hydrogens is 478 g/mol. The van der Waals surface area contributed by atoms with Gasteiger partial charge in [0.05, 0.1) is 19.2 Å². The highest BCUT2D eigenvalue weighted by Crippen LogP contribution is 2.53. The van der Waals surface area contributed by atoms with Crippen molar-refractivity contribution in [3.05, 3.63) is 106 Å². The first kappa shape index (κ1) is 25.7. The van der Waals surface area contributed by atoms with E-state index >= 15 is 0 Å². The Morgan fingerprint density at radius 2 is 1.53 bits per heavy atom. The number of fused-ring (bicyclic) bond motifs is 1. The molecule has 2 heterocycles. The largest absolute Gasteiger partial charge is 0.467 e. The smallest absolute Gasteiger partial charge is 0.333 e. The maximum atomic E-state index is 14.2. The van der Waals surface area contributed by atoms with Crippen LogP contribution in [0, 0.1) is 20.8 Å². The van der Waals surface area contributed by atoms with E-state index in [2.05, 4.69) is 38.2 Å². The van der Waals surface area contributed by atoms with Crippen LogP contribution in [0.3, 0.4) is 0 Å². The summed E-state index contributed by atoms with van der Waals surface area (Å²) >= 11 is 0. The van der Waals surface area contributed by atoms with Gasteiger partial charge in [-0.05, 0) is 62.1 Å². The Morgan fingerprint density at radius 1 is 0.947 bits per heavy atom. The van der Waals surface area contributed by atoms with E-state index in [-0.39, 0.29) is 17.9 Å². The zero-order valence-corrected chi connectivity index (χ0v) is 22.4. The summed E-state index contributed by atoms with van der Waals surface area (Å²) in [6, 6.07) is 21.1. The number of rotatable bonds is 5. The summed E-state index contributed by atoms with van der Waals surface area (Å²) in [5, 5.41) is 6.56. The summed E-state index contributed by atoms with van der Waals surface area (Å²) in [5.74, 6) is -1.16. The molecule has 2 aliphatic heterocycles. The highest BCUT2D eigenvalue weighted by molar-refractivity contribution is 6.00. The average molecular weight is 512 g/mol. The van der Waals surface area contributed by atoms with Gasteiger partial charge in [0.25, 0.3) is 11.8 Å². The predicted molar refractivity (Wildman–Crippen MR) is 144 cm³/mol. The molecule has 38 heavy (non-hydrogen) atoms. The number of methoxy groups -OCH3 is 1. The first-order valence-corrected chi connectivity index (χ1v) is 12.9. The summed E-state index contributed by atoms with van der Waals surface area (Å²) in [5.41, 5.74) is 4.53. The molecule has 1 N–H and O–H groups in total. The molecule has 4 atom stereocenters. The Kier molecular flexibility index (Phi) is 6.57. The zero-order chi connectivity index (χ0) is 27.2. The molecule has 7 heteroatoms. The van der Waals surface area contributed by atoms with Crippen LogP contribution in [0.5, 0.6) is 0 Å². The lowest BCUT2D eigenvalue weighted by Gasteiger charge is -2.35. The van der Waals surface area contributed by atoms with Gasteiger partial charge in [-0.2, -0.15) is 5.01 Å². The molecule has 2 saturated heterocycles. The molecule has 0 radical (unpaired) electrons. The summed E-state index contributed by atoms with van der Waals surface area (Å²) < 4.78 is 5.24. The van der Waals surface area contributed by atoms with E-state index in [0.717, 1.165) is 27.8 Å². The fraction of sp³-hybridized carbons (Fsp3) is 0.323. The van der Waals surface area contributed by atoms with Crippen molar-refractivity contribution < 1.29 is 19.1 Å². The molecule has 2 fully saturated rings. The number of esters is 1. The highest BCUT2D eigenvalue weighted by atomic mass is 16.5. The van der Waals surface area contributed by atoms with E-state index in [4.69, 9.17) is 4.74 Å². The first-order chi connectivity index (χ1) is 18.2. The minimum atomic E-state index is -1.24. The Labute approximate surface area is 223 Å². The maximum Gasteiger partial charge on any atom is 0.333 e. The number of carbonyl (C=O) groups excluding carboxylic acids is 3. The lowest BCUT2D eigenvalue weighted by atomic mass is 9.85. The lowest BCUT2D eigenvalue weighted by molar-refractivity contribution is -0.166. The van der Waals surface area contributed by atoms with E-state index in [1.165, 1.54) is 7.11 Å². The van der Waals surface area contributed by atoms with Crippen molar-refractivity contribution in [3.8, 4) is 0 Å². The topological polar surface area (TPSA) is 79.0 Å². The molecule has 0 unspecified atom stereocenters. The maximum absolute atomic E-state index is 14.2. The number of hydrazine groups is 1. The fourth-order valence-electron chi connectivity index (χ4n) is 6.34. The molecule has 0 aliphatic carbocycles. The van der Waals surface area contributed by atoms with Crippen molar-refractivity contribution in [2.75, 3.05) is 7.11 Å². The molecule has 0 saturated carbocycles. The van der Waals surface area contributed by atoms with Crippen molar-refractivity contribution in [3.63, 3.8) is 0 Å². The number of hydrogen-bond acceptors (Lipinski definition) is 5. The molecule has 0 bridgehead atoms. The van der Waals surface area contributed by atoms with E-state index in [1.54, 1.807) is 36.2 Å². The Hall–Kier alpha value is -3.97. The van der Waals surface area contributed by atoms with Gasteiger partial charge in [0.1, 0.15) is 6.04 Å². The fourth-order valence-corrected chi connectivity index (χ4v) is 6.34. The van der Waals surface area contributed by atoms with Gasteiger partial charge in [-0.15, -0.1) is 0 Å². The van der Waals surface area contributed by atoms with Crippen LogP contribution in [0.1, 0.15) is 63.6 Å². The summed E-state index contributed by atoms with van der Waals surface area (Å²) in [6.45, 7) is 7.95. The average Bonchev–Trinajstić information content (AvgIpc) is 3.37. The molecule has 3 aromatic carbocycles. The van der Waals surface area contributed by atoms with Gasteiger partial charge in [-0.1, -0.05) is 66.2 Å². The van der Waals surface area contributed by atoms with E-state index in [1.807, 2.05) is 41.4 Å². The normalized spacial score (nSPS) is 24.8. The summed E-state index contributed by atoms with van der Waals surface area (Å²) in [4.78, 5) is 40.8. The molecule has 2 amide bonds.